The van der Waals surface area contributed by atoms with Gasteiger partial charge in [0.25, 0.3) is 0 Å². The van der Waals surface area contributed by atoms with Crippen LogP contribution in [0.1, 0.15) is 30.9 Å². The molecule has 5 heteroatoms. The van der Waals surface area contributed by atoms with Crippen LogP contribution in [0.15, 0.2) is 24.3 Å². The van der Waals surface area contributed by atoms with E-state index in [1.165, 1.54) is 11.1 Å². The molecule has 0 spiro atoms. The molecule has 1 aromatic carbocycles. The molecule has 2 heterocycles. The van der Waals surface area contributed by atoms with E-state index >= 15 is 0 Å². The van der Waals surface area contributed by atoms with Gasteiger partial charge < -0.3 is 20.3 Å². The summed E-state index contributed by atoms with van der Waals surface area (Å²) in [4.78, 5) is 14.2. The van der Waals surface area contributed by atoms with E-state index in [0.29, 0.717) is 12.6 Å². The lowest BCUT2D eigenvalue weighted by Crippen LogP contribution is -2.52. The van der Waals surface area contributed by atoms with Gasteiger partial charge in [-0.15, -0.1) is 0 Å². The molecule has 2 aliphatic rings. The number of ether oxygens (including phenoxy) is 1. The van der Waals surface area contributed by atoms with Crippen LogP contribution in [0.4, 0.5) is 4.79 Å². The largest absolute Gasteiger partial charge is 0.378 e. The van der Waals surface area contributed by atoms with Crippen LogP contribution >= 0.6 is 0 Å². The standard InChI is InChI=1S/C18H27N3O2/c1-18(23-2)7-9-21(10-8-18)17(22)20-13-16-11-14-5-3-4-6-15(14)12-19-16/h3-6,16,19H,7-13H2,1-2H3,(H,20,22). The summed E-state index contributed by atoms with van der Waals surface area (Å²) >= 11 is 0. The third-order valence-electron chi connectivity index (χ3n) is 5.27. The van der Waals surface area contributed by atoms with E-state index in [-0.39, 0.29) is 11.6 Å². The Bertz CT molecular complexity index is 553. The van der Waals surface area contributed by atoms with E-state index in [1.54, 1.807) is 7.11 Å². The first-order valence-corrected chi connectivity index (χ1v) is 8.48. The van der Waals surface area contributed by atoms with E-state index in [4.69, 9.17) is 4.74 Å². The number of rotatable bonds is 3. The molecular weight excluding hydrogens is 290 g/mol. The molecule has 0 bridgehead atoms. The summed E-state index contributed by atoms with van der Waals surface area (Å²) in [7, 11) is 1.75. The van der Waals surface area contributed by atoms with Gasteiger partial charge in [0.05, 0.1) is 5.60 Å². The molecule has 126 valence electrons. The molecule has 0 saturated carbocycles. The average molecular weight is 317 g/mol. The van der Waals surface area contributed by atoms with Crippen molar-refractivity contribution in [1.29, 1.82) is 0 Å². The molecule has 1 unspecified atom stereocenters. The summed E-state index contributed by atoms with van der Waals surface area (Å²) in [6, 6.07) is 8.86. The molecule has 1 aromatic rings. The number of fused-ring (bicyclic) bond motifs is 1. The smallest absolute Gasteiger partial charge is 0.317 e. The van der Waals surface area contributed by atoms with E-state index < -0.39 is 0 Å². The number of amides is 2. The minimum absolute atomic E-state index is 0.0452. The number of nitrogens with one attached hydrogen (secondary N) is 2. The third-order valence-corrected chi connectivity index (χ3v) is 5.27. The number of urea groups is 1. The SMILES string of the molecule is COC1(C)CCN(C(=O)NCC2Cc3ccccc3CN2)CC1. The lowest BCUT2D eigenvalue weighted by Gasteiger charge is -2.38. The monoisotopic (exact) mass is 317 g/mol. The Hall–Kier alpha value is -1.59. The lowest BCUT2D eigenvalue weighted by molar-refractivity contribution is -0.0353. The Morgan fingerprint density at radius 3 is 2.74 bits per heavy atom. The first-order chi connectivity index (χ1) is 11.1. The zero-order valence-corrected chi connectivity index (χ0v) is 14.1. The summed E-state index contributed by atoms with van der Waals surface area (Å²) in [6.45, 7) is 5.19. The van der Waals surface area contributed by atoms with Gasteiger partial charge in [0.1, 0.15) is 0 Å². The van der Waals surface area contributed by atoms with Crippen LogP contribution in [0.2, 0.25) is 0 Å². The molecule has 3 rings (SSSR count). The highest BCUT2D eigenvalue weighted by Crippen LogP contribution is 2.24. The quantitative estimate of drug-likeness (QED) is 0.895. The third kappa shape index (κ3) is 3.85. The van der Waals surface area contributed by atoms with E-state index in [0.717, 1.165) is 38.9 Å². The molecule has 0 aliphatic carbocycles. The number of hydrogen-bond donors (Lipinski definition) is 2. The van der Waals surface area contributed by atoms with Crippen molar-refractivity contribution < 1.29 is 9.53 Å². The normalized spacial score (nSPS) is 23.2. The van der Waals surface area contributed by atoms with Crippen LogP contribution in [0, 0.1) is 0 Å². The molecule has 5 nitrogen and oxygen atoms in total. The number of carbonyl (C=O) groups is 1. The molecule has 23 heavy (non-hydrogen) atoms. The van der Waals surface area contributed by atoms with Crippen LogP contribution in [0.25, 0.3) is 0 Å². The minimum Gasteiger partial charge on any atom is -0.378 e. The first-order valence-electron chi connectivity index (χ1n) is 8.48. The predicted octanol–water partition coefficient (Wildman–Crippen LogP) is 1.91. The topological polar surface area (TPSA) is 53.6 Å². The molecule has 1 atom stereocenters. The lowest BCUT2D eigenvalue weighted by atomic mass is 9.93. The fourth-order valence-electron chi connectivity index (χ4n) is 3.37. The van der Waals surface area contributed by atoms with Crippen molar-refractivity contribution in [3.05, 3.63) is 35.4 Å². The number of likely N-dealkylation sites (tertiary alicyclic amines) is 1. The zero-order chi connectivity index (χ0) is 16.3. The summed E-state index contributed by atoms with van der Waals surface area (Å²) in [6.07, 6.45) is 2.76. The van der Waals surface area contributed by atoms with Gasteiger partial charge in [-0.05, 0) is 37.3 Å². The Labute approximate surface area is 138 Å². The number of hydrogen-bond acceptors (Lipinski definition) is 3. The maximum Gasteiger partial charge on any atom is 0.317 e. The summed E-state index contributed by atoms with van der Waals surface area (Å²) in [5, 5.41) is 6.58. The molecule has 2 N–H and O–H groups in total. The molecule has 1 saturated heterocycles. The van der Waals surface area contributed by atoms with Crippen molar-refractivity contribution in [2.24, 2.45) is 0 Å². The summed E-state index contributed by atoms with van der Waals surface area (Å²) in [5.41, 5.74) is 2.68. The molecule has 1 fully saturated rings. The maximum absolute atomic E-state index is 12.3. The minimum atomic E-state index is -0.0780. The van der Waals surface area contributed by atoms with Crippen LogP contribution in [-0.4, -0.2) is 49.3 Å². The van der Waals surface area contributed by atoms with Crippen LogP contribution in [0.3, 0.4) is 0 Å². The summed E-state index contributed by atoms with van der Waals surface area (Å²) in [5.74, 6) is 0. The zero-order valence-electron chi connectivity index (χ0n) is 14.1. The Morgan fingerprint density at radius 1 is 1.35 bits per heavy atom. The second-order valence-electron chi connectivity index (χ2n) is 6.88. The molecule has 0 aromatic heterocycles. The Morgan fingerprint density at radius 2 is 2.04 bits per heavy atom. The molecule has 2 amide bonds. The molecular formula is C18H27N3O2. The van der Waals surface area contributed by atoms with Crippen LogP contribution < -0.4 is 10.6 Å². The fourth-order valence-corrected chi connectivity index (χ4v) is 3.37. The van der Waals surface area contributed by atoms with Crippen molar-refractivity contribution in [3.8, 4) is 0 Å². The highest BCUT2D eigenvalue weighted by atomic mass is 16.5. The van der Waals surface area contributed by atoms with E-state index in [1.807, 2.05) is 4.90 Å². The second kappa shape index (κ2) is 6.89. The van der Waals surface area contributed by atoms with Crippen molar-refractivity contribution in [3.63, 3.8) is 0 Å². The van der Waals surface area contributed by atoms with Gasteiger partial charge in [0, 0.05) is 39.3 Å². The van der Waals surface area contributed by atoms with Gasteiger partial charge in [-0.25, -0.2) is 4.79 Å². The summed E-state index contributed by atoms with van der Waals surface area (Å²) < 4.78 is 5.53. The molecule has 0 radical (unpaired) electrons. The van der Waals surface area contributed by atoms with Crippen LogP contribution in [-0.2, 0) is 17.7 Å². The number of nitrogens with zero attached hydrogens (tertiary/aromatic N) is 1. The van der Waals surface area contributed by atoms with Gasteiger partial charge in [-0.1, -0.05) is 24.3 Å². The van der Waals surface area contributed by atoms with Gasteiger partial charge >= 0.3 is 6.03 Å². The Balaban J connectivity index is 1.45. The number of piperidine rings is 1. The van der Waals surface area contributed by atoms with Gasteiger partial charge in [-0.3, -0.25) is 0 Å². The van der Waals surface area contributed by atoms with E-state index in [9.17, 15) is 4.79 Å². The van der Waals surface area contributed by atoms with Gasteiger partial charge in [0.15, 0.2) is 0 Å². The Kier molecular flexibility index (Phi) is 4.87. The van der Waals surface area contributed by atoms with Crippen molar-refractivity contribution in [1.82, 2.24) is 15.5 Å². The van der Waals surface area contributed by atoms with Crippen LogP contribution in [0.5, 0.6) is 0 Å². The van der Waals surface area contributed by atoms with Crippen molar-refractivity contribution in [2.45, 2.75) is 44.4 Å². The average Bonchev–Trinajstić information content (AvgIpc) is 2.60. The molecule has 2 aliphatic heterocycles. The number of benzene rings is 1. The highest BCUT2D eigenvalue weighted by molar-refractivity contribution is 5.74. The number of methoxy groups -OCH3 is 1. The predicted molar refractivity (Wildman–Crippen MR) is 90.4 cm³/mol. The van der Waals surface area contributed by atoms with Crippen molar-refractivity contribution in [2.75, 3.05) is 26.7 Å². The highest BCUT2D eigenvalue weighted by Gasteiger charge is 2.31. The second-order valence-corrected chi connectivity index (χ2v) is 6.88. The first kappa shape index (κ1) is 16.3. The van der Waals surface area contributed by atoms with Gasteiger partial charge in [0.2, 0.25) is 0 Å². The number of carbonyl (C=O) groups excluding carboxylic acids is 1. The van der Waals surface area contributed by atoms with Gasteiger partial charge in [-0.2, -0.15) is 0 Å². The fraction of sp³-hybridized carbons (Fsp3) is 0.611. The van der Waals surface area contributed by atoms with Crippen molar-refractivity contribution >= 4 is 6.03 Å². The maximum atomic E-state index is 12.3. The van der Waals surface area contributed by atoms with E-state index in [2.05, 4.69) is 41.8 Å².